The molecule has 0 unspecified atom stereocenters. The molecule has 0 aromatic carbocycles. The van der Waals surface area contributed by atoms with E-state index in [1.165, 1.54) is 17.1 Å². The molecular formula is C9H12N2O3. The molecular weight excluding hydrogens is 184 g/mol. The quantitative estimate of drug-likeness (QED) is 0.543. The SMILES string of the molecule is O=C1C=CC(=O)N1CN1CCOCC1. The Morgan fingerprint density at radius 1 is 1.14 bits per heavy atom. The smallest absolute Gasteiger partial charge is 0.254 e. The number of nitrogens with zero attached hydrogens (tertiary/aromatic N) is 2. The van der Waals surface area contributed by atoms with Crippen molar-refractivity contribution in [1.29, 1.82) is 0 Å². The molecule has 2 heterocycles. The predicted octanol–water partition coefficient (Wildman–Crippen LogP) is -0.799. The van der Waals surface area contributed by atoms with E-state index < -0.39 is 0 Å². The lowest BCUT2D eigenvalue weighted by Crippen LogP contribution is -2.46. The topological polar surface area (TPSA) is 49.9 Å². The lowest BCUT2D eigenvalue weighted by Gasteiger charge is -2.29. The van der Waals surface area contributed by atoms with Gasteiger partial charge in [-0.3, -0.25) is 19.4 Å². The average molecular weight is 196 g/mol. The highest BCUT2D eigenvalue weighted by atomic mass is 16.5. The highest BCUT2D eigenvalue weighted by molar-refractivity contribution is 6.12. The van der Waals surface area contributed by atoms with Gasteiger partial charge in [0, 0.05) is 25.2 Å². The van der Waals surface area contributed by atoms with Crippen molar-refractivity contribution >= 4 is 11.8 Å². The first-order valence-electron chi connectivity index (χ1n) is 4.61. The molecule has 0 bridgehead atoms. The summed E-state index contributed by atoms with van der Waals surface area (Å²) in [6.07, 6.45) is 2.62. The summed E-state index contributed by atoms with van der Waals surface area (Å²) in [5, 5.41) is 0. The molecule has 1 saturated heterocycles. The Morgan fingerprint density at radius 3 is 2.29 bits per heavy atom. The molecule has 2 rings (SSSR count). The molecule has 0 aromatic rings. The van der Waals surface area contributed by atoms with Crippen LogP contribution in [0.3, 0.4) is 0 Å². The van der Waals surface area contributed by atoms with Gasteiger partial charge in [-0.2, -0.15) is 0 Å². The zero-order valence-corrected chi connectivity index (χ0v) is 7.81. The molecule has 5 nitrogen and oxygen atoms in total. The van der Waals surface area contributed by atoms with E-state index in [9.17, 15) is 9.59 Å². The summed E-state index contributed by atoms with van der Waals surface area (Å²) < 4.78 is 5.17. The Kier molecular flexibility index (Phi) is 2.60. The number of imide groups is 1. The number of morpholine rings is 1. The van der Waals surface area contributed by atoms with Crippen LogP contribution in [-0.4, -0.2) is 54.6 Å². The minimum atomic E-state index is -0.221. The summed E-state index contributed by atoms with van der Waals surface area (Å²) in [6, 6.07) is 0. The van der Waals surface area contributed by atoms with Gasteiger partial charge in [-0.15, -0.1) is 0 Å². The van der Waals surface area contributed by atoms with E-state index in [1.807, 2.05) is 4.90 Å². The van der Waals surface area contributed by atoms with E-state index in [1.54, 1.807) is 0 Å². The molecule has 1 fully saturated rings. The molecule has 2 amide bonds. The van der Waals surface area contributed by atoms with E-state index in [0.29, 0.717) is 19.9 Å². The van der Waals surface area contributed by atoms with Crippen LogP contribution in [0.1, 0.15) is 0 Å². The van der Waals surface area contributed by atoms with Crippen LogP contribution in [0.15, 0.2) is 12.2 Å². The van der Waals surface area contributed by atoms with E-state index in [-0.39, 0.29) is 11.8 Å². The highest BCUT2D eigenvalue weighted by Crippen LogP contribution is 2.06. The van der Waals surface area contributed by atoms with Gasteiger partial charge in [0.2, 0.25) is 0 Å². The van der Waals surface area contributed by atoms with Crippen LogP contribution in [0.2, 0.25) is 0 Å². The molecule has 14 heavy (non-hydrogen) atoms. The van der Waals surface area contributed by atoms with Crippen molar-refractivity contribution in [2.24, 2.45) is 0 Å². The molecule has 0 aliphatic carbocycles. The Bertz CT molecular complexity index is 264. The van der Waals surface area contributed by atoms with Crippen molar-refractivity contribution in [1.82, 2.24) is 9.80 Å². The van der Waals surface area contributed by atoms with Crippen molar-refractivity contribution < 1.29 is 14.3 Å². The minimum Gasteiger partial charge on any atom is -0.379 e. The number of ether oxygens (including phenoxy) is 1. The fourth-order valence-electron chi connectivity index (χ4n) is 1.51. The van der Waals surface area contributed by atoms with E-state index in [4.69, 9.17) is 4.74 Å². The maximum Gasteiger partial charge on any atom is 0.254 e. The Labute approximate surface area is 81.9 Å². The van der Waals surface area contributed by atoms with E-state index in [2.05, 4.69) is 0 Å². The summed E-state index contributed by atoms with van der Waals surface area (Å²) in [5.41, 5.74) is 0. The van der Waals surface area contributed by atoms with Crippen LogP contribution in [0.4, 0.5) is 0 Å². The summed E-state index contributed by atoms with van der Waals surface area (Å²) in [5.74, 6) is -0.442. The van der Waals surface area contributed by atoms with Gasteiger partial charge >= 0.3 is 0 Å². The Hall–Kier alpha value is -1.20. The first-order chi connectivity index (χ1) is 6.77. The van der Waals surface area contributed by atoms with Crippen molar-refractivity contribution in [2.45, 2.75) is 0 Å². The molecule has 2 aliphatic heterocycles. The van der Waals surface area contributed by atoms with Gasteiger partial charge in [-0.25, -0.2) is 0 Å². The Balaban J connectivity index is 1.90. The molecule has 0 N–H and O–H groups in total. The Morgan fingerprint density at radius 2 is 1.71 bits per heavy atom. The summed E-state index contributed by atoms with van der Waals surface area (Å²) >= 11 is 0. The van der Waals surface area contributed by atoms with Gasteiger partial charge in [0.25, 0.3) is 11.8 Å². The van der Waals surface area contributed by atoms with Crippen molar-refractivity contribution in [3.8, 4) is 0 Å². The van der Waals surface area contributed by atoms with Crippen LogP contribution in [0, 0.1) is 0 Å². The zero-order chi connectivity index (χ0) is 9.97. The van der Waals surface area contributed by atoms with Crippen LogP contribution in [0.25, 0.3) is 0 Å². The van der Waals surface area contributed by atoms with Crippen LogP contribution < -0.4 is 0 Å². The van der Waals surface area contributed by atoms with Crippen LogP contribution in [0.5, 0.6) is 0 Å². The second-order valence-electron chi connectivity index (χ2n) is 3.31. The normalized spacial score (nSPS) is 23.6. The highest BCUT2D eigenvalue weighted by Gasteiger charge is 2.25. The largest absolute Gasteiger partial charge is 0.379 e. The number of hydrogen-bond acceptors (Lipinski definition) is 4. The second kappa shape index (κ2) is 3.89. The molecule has 0 saturated carbocycles. The molecule has 0 radical (unpaired) electrons. The fourth-order valence-corrected chi connectivity index (χ4v) is 1.51. The number of carbonyl (C=O) groups is 2. The third kappa shape index (κ3) is 1.83. The molecule has 0 aromatic heterocycles. The molecule has 0 spiro atoms. The summed E-state index contributed by atoms with van der Waals surface area (Å²) in [6.45, 7) is 3.27. The number of amides is 2. The van der Waals surface area contributed by atoms with Crippen LogP contribution in [-0.2, 0) is 14.3 Å². The van der Waals surface area contributed by atoms with Crippen molar-refractivity contribution in [3.63, 3.8) is 0 Å². The molecule has 5 heteroatoms. The van der Waals surface area contributed by atoms with Gasteiger partial charge in [-0.05, 0) is 0 Å². The third-order valence-corrected chi connectivity index (χ3v) is 2.35. The van der Waals surface area contributed by atoms with Crippen LogP contribution >= 0.6 is 0 Å². The maximum atomic E-state index is 11.2. The summed E-state index contributed by atoms with van der Waals surface area (Å²) in [4.78, 5) is 25.7. The van der Waals surface area contributed by atoms with Gasteiger partial charge in [-0.1, -0.05) is 0 Å². The fraction of sp³-hybridized carbons (Fsp3) is 0.556. The number of hydrogen-bond donors (Lipinski definition) is 0. The predicted molar refractivity (Wildman–Crippen MR) is 48.3 cm³/mol. The first-order valence-corrected chi connectivity index (χ1v) is 4.61. The monoisotopic (exact) mass is 196 g/mol. The van der Waals surface area contributed by atoms with Crippen molar-refractivity contribution in [3.05, 3.63) is 12.2 Å². The first kappa shape index (κ1) is 9.36. The van der Waals surface area contributed by atoms with Gasteiger partial charge < -0.3 is 4.74 Å². The summed E-state index contributed by atoms with van der Waals surface area (Å²) in [7, 11) is 0. The van der Waals surface area contributed by atoms with Gasteiger partial charge in [0.05, 0.1) is 19.9 Å². The molecule has 0 atom stereocenters. The zero-order valence-electron chi connectivity index (χ0n) is 7.81. The minimum absolute atomic E-state index is 0.221. The lowest BCUT2D eigenvalue weighted by molar-refractivity contribution is -0.140. The number of rotatable bonds is 2. The standard InChI is InChI=1S/C9H12N2O3/c12-8-1-2-9(13)11(8)7-10-3-5-14-6-4-10/h1-2H,3-7H2. The molecule has 76 valence electrons. The average Bonchev–Trinajstić information content (AvgIpc) is 2.51. The molecule has 2 aliphatic rings. The van der Waals surface area contributed by atoms with E-state index in [0.717, 1.165) is 13.1 Å². The third-order valence-electron chi connectivity index (χ3n) is 2.35. The van der Waals surface area contributed by atoms with Gasteiger partial charge in [0.15, 0.2) is 0 Å². The van der Waals surface area contributed by atoms with Crippen molar-refractivity contribution in [2.75, 3.05) is 33.0 Å². The van der Waals surface area contributed by atoms with Gasteiger partial charge in [0.1, 0.15) is 0 Å². The maximum absolute atomic E-state index is 11.2. The van der Waals surface area contributed by atoms with E-state index >= 15 is 0 Å². The number of carbonyl (C=O) groups excluding carboxylic acids is 2. The lowest BCUT2D eigenvalue weighted by atomic mass is 10.4. The second-order valence-corrected chi connectivity index (χ2v) is 3.31.